The van der Waals surface area contributed by atoms with Gasteiger partial charge in [-0.15, -0.1) is 0 Å². The lowest BCUT2D eigenvalue weighted by Gasteiger charge is -2.25. The largest absolute Gasteiger partial charge is 0.481 e. The summed E-state index contributed by atoms with van der Waals surface area (Å²) in [5.74, 6) is -0.864. The van der Waals surface area contributed by atoms with Gasteiger partial charge in [0.1, 0.15) is 0 Å². The Morgan fingerprint density at radius 1 is 1.47 bits per heavy atom. The molecular formula is C13H24N2O4. The average Bonchev–Trinajstić information content (AvgIpc) is 2.74. The molecule has 0 radical (unpaired) electrons. The highest BCUT2D eigenvalue weighted by Crippen LogP contribution is 2.23. The second-order valence-corrected chi connectivity index (χ2v) is 5.32. The predicted molar refractivity (Wildman–Crippen MR) is 70.8 cm³/mol. The number of carbonyl (C=O) groups is 2. The van der Waals surface area contributed by atoms with Gasteiger partial charge < -0.3 is 20.4 Å². The number of hydrogen-bond donors (Lipinski definition) is 3. The summed E-state index contributed by atoms with van der Waals surface area (Å²) >= 11 is 0. The average molecular weight is 272 g/mol. The van der Waals surface area contributed by atoms with E-state index in [2.05, 4.69) is 5.32 Å². The van der Waals surface area contributed by atoms with Gasteiger partial charge in [0.25, 0.3) is 0 Å². The Kier molecular flexibility index (Phi) is 6.08. The van der Waals surface area contributed by atoms with Crippen LogP contribution in [0.5, 0.6) is 0 Å². The van der Waals surface area contributed by atoms with E-state index in [1.807, 2.05) is 6.92 Å². The van der Waals surface area contributed by atoms with Gasteiger partial charge in [-0.1, -0.05) is 13.8 Å². The van der Waals surface area contributed by atoms with Gasteiger partial charge in [-0.05, 0) is 25.2 Å². The number of nitrogens with zero attached hydrogens (tertiary/aromatic N) is 1. The Hall–Kier alpha value is -1.30. The van der Waals surface area contributed by atoms with Crippen molar-refractivity contribution in [2.45, 2.75) is 39.2 Å². The van der Waals surface area contributed by atoms with Crippen molar-refractivity contribution in [2.24, 2.45) is 11.8 Å². The Bertz CT molecular complexity index is 322. The standard InChI is InChI=1S/C13H24N2O4/c1-9-5-7-15(11(9)8-16)13(19)14-6-3-4-10(2)12(17)18/h9-11,16H,3-8H2,1-2H3,(H,14,19)(H,17,18). The van der Waals surface area contributed by atoms with Gasteiger partial charge in [0, 0.05) is 13.1 Å². The monoisotopic (exact) mass is 272 g/mol. The zero-order chi connectivity index (χ0) is 14.4. The lowest BCUT2D eigenvalue weighted by Crippen LogP contribution is -2.45. The third-order valence-corrected chi connectivity index (χ3v) is 3.84. The number of aliphatic hydroxyl groups is 1. The van der Waals surface area contributed by atoms with Crippen LogP contribution in [0.15, 0.2) is 0 Å². The Morgan fingerprint density at radius 3 is 2.74 bits per heavy atom. The first-order chi connectivity index (χ1) is 8.97. The number of hydrogen-bond acceptors (Lipinski definition) is 3. The minimum absolute atomic E-state index is 0.00929. The predicted octanol–water partition coefficient (Wildman–Crippen LogP) is 0.900. The summed E-state index contributed by atoms with van der Waals surface area (Å²) in [5, 5.41) is 20.8. The number of aliphatic hydroxyl groups excluding tert-OH is 1. The maximum atomic E-state index is 11.9. The first-order valence-electron chi connectivity index (χ1n) is 6.85. The van der Waals surface area contributed by atoms with E-state index < -0.39 is 5.97 Å². The van der Waals surface area contributed by atoms with Gasteiger partial charge in [-0.3, -0.25) is 4.79 Å². The van der Waals surface area contributed by atoms with Crippen LogP contribution in [0.3, 0.4) is 0 Å². The van der Waals surface area contributed by atoms with Crippen molar-refractivity contribution in [1.29, 1.82) is 0 Å². The quantitative estimate of drug-likeness (QED) is 0.627. The van der Waals surface area contributed by atoms with E-state index in [4.69, 9.17) is 5.11 Å². The molecule has 1 aliphatic heterocycles. The molecule has 1 saturated heterocycles. The molecule has 3 N–H and O–H groups in total. The van der Waals surface area contributed by atoms with E-state index in [1.54, 1.807) is 11.8 Å². The van der Waals surface area contributed by atoms with Crippen molar-refractivity contribution in [2.75, 3.05) is 19.7 Å². The van der Waals surface area contributed by atoms with Crippen LogP contribution < -0.4 is 5.32 Å². The Balaban J connectivity index is 2.26. The lowest BCUT2D eigenvalue weighted by molar-refractivity contribution is -0.141. The number of aliphatic carboxylic acids is 1. The third-order valence-electron chi connectivity index (χ3n) is 3.84. The van der Waals surface area contributed by atoms with Gasteiger partial charge in [0.2, 0.25) is 0 Å². The topological polar surface area (TPSA) is 89.9 Å². The number of urea groups is 1. The molecule has 0 saturated carbocycles. The highest BCUT2D eigenvalue weighted by atomic mass is 16.4. The normalized spacial score (nSPS) is 24.3. The SMILES string of the molecule is CC(CCCNC(=O)N1CCC(C)C1CO)C(=O)O. The highest BCUT2D eigenvalue weighted by molar-refractivity contribution is 5.75. The van der Waals surface area contributed by atoms with Gasteiger partial charge in [-0.25, -0.2) is 4.79 Å². The third kappa shape index (κ3) is 4.38. The van der Waals surface area contributed by atoms with Crippen LogP contribution in [-0.2, 0) is 4.79 Å². The van der Waals surface area contributed by atoms with Crippen LogP contribution in [0.1, 0.15) is 33.1 Å². The van der Waals surface area contributed by atoms with Crippen molar-refractivity contribution in [3.05, 3.63) is 0 Å². The minimum Gasteiger partial charge on any atom is -0.481 e. The summed E-state index contributed by atoms with van der Waals surface area (Å²) in [5.41, 5.74) is 0. The number of amides is 2. The molecule has 3 atom stereocenters. The summed E-state index contributed by atoms with van der Waals surface area (Å²) in [7, 11) is 0. The molecule has 19 heavy (non-hydrogen) atoms. The number of carboxylic acid groups (broad SMARTS) is 1. The number of likely N-dealkylation sites (tertiary alicyclic amines) is 1. The highest BCUT2D eigenvalue weighted by Gasteiger charge is 2.33. The molecule has 110 valence electrons. The van der Waals surface area contributed by atoms with Gasteiger partial charge in [0.05, 0.1) is 18.6 Å². The van der Waals surface area contributed by atoms with Gasteiger partial charge >= 0.3 is 12.0 Å². The lowest BCUT2D eigenvalue weighted by atomic mass is 10.0. The molecule has 3 unspecified atom stereocenters. The van der Waals surface area contributed by atoms with Crippen LogP contribution in [-0.4, -0.2) is 52.9 Å². The molecule has 0 aromatic rings. The second kappa shape index (κ2) is 7.33. The van der Waals surface area contributed by atoms with Crippen molar-refractivity contribution in [3.8, 4) is 0 Å². The fourth-order valence-corrected chi connectivity index (χ4v) is 2.37. The summed E-state index contributed by atoms with van der Waals surface area (Å²) < 4.78 is 0. The molecule has 6 heteroatoms. The molecule has 6 nitrogen and oxygen atoms in total. The molecule has 0 aromatic carbocycles. The number of carboxylic acids is 1. The number of rotatable bonds is 6. The van der Waals surface area contributed by atoms with Crippen LogP contribution in [0, 0.1) is 11.8 Å². The Labute approximate surface area is 113 Å². The van der Waals surface area contributed by atoms with Crippen molar-refractivity contribution >= 4 is 12.0 Å². The molecular weight excluding hydrogens is 248 g/mol. The summed E-state index contributed by atoms with van der Waals surface area (Å²) in [4.78, 5) is 24.2. The maximum absolute atomic E-state index is 11.9. The van der Waals surface area contributed by atoms with E-state index in [9.17, 15) is 14.7 Å². The molecule has 1 heterocycles. The van der Waals surface area contributed by atoms with Gasteiger partial charge in [-0.2, -0.15) is 0 Å². The zero-order valence-corrected chi connectivity index (χ0v) is 11.6. The van der Waals surface area contributed by atoms with E-state index >= 15 is 0 Å². The molecule has 0 aliphatic carbocycles. The molecule has 0 bridgehead atoms. The molecule has 0 spiro atoms. The molecule has 1 aliphatic rings. The van der Waals surface area contributed by atoms with Crippen molar-refractivity contribution < 1.29 is 19.8 Å². The summed E-state index contributed by atoms with van der Waals surface area (Å²) in [6.07, 6.45) is 2.11. The molecule has 1 fully saturated rings. The van der Waals surface area contributed by atoms with E-state index in [0.29, 0.717) is 31.8 Å². The van der Waals surface area contributed by atoms with Crippen molar-refractivity contribution in [3.63, 3.8) is 0 Å². The number of carbonyl (C=O) groups excluding carboxylic acids is 1. The van der Waals surface area contributed by atoms with Crippen LogP contribution >= 0.6 is 0 Å². The van der Waals surface area contributed by atoms with Crippen LogP contribution in [0.2, 0.25) is 0 Å². The molecule has 0 aromatic heterocycles. The fourth-order valence-electron chi connectivity index (χ4n) is 2.37. The summed E-state index contributed by atoms with van der Waals surface area (Å²) in [6.45, 7) is 4.82. The van der Waals surface area contributed by atoms with E-state index in [0.717, 1.165) is 6.42 Å². The molecule has 2 amide bonds. The maximum Gasteiger partial charge on any atom is 0.317 e. The second-order valence-electron chi connectivity index (χ2n) is 5.32. The minimum atomic E-state index is -0.806. The fraction of sp³-hybridized carbons (Fsp3) is 0.846. The Morgan fingerprint density at radius 2 is 2.16 bits per heavy atom. The number of nitrogens with one attached hydrogen (secondary N) is 1. The first-order valence-corrected chi connectivity index (χ1v) is 6.85. The van der Waals surface area contributed by atoms with E-state index in [-0.39, 0.29) is 24.6 Å². The van der Waals surface area contributed by atoms with Crippen LogP contribution in [0.4, 0.5) is 4.79 Å². The first kappa shape index (κ1) is 15.8. The van der Waals surface area contributed by atoms with Gasteiger partial charge in [0.15, 0.2) is 0 Å². The molecule has 1 rings (SSSR count). The zero-order valence-electron chi connectivity index (χ0n) is 11.6. The van der Waals surface area contributed by atoms with Crippen LogP contribution in [0.25, 0.3) is 0 Å². The smallest absolute Gasteiger partial charge is 0.317 e. The summed E-state index contributed by atoms with van der Waals surface area (Å²) in [6, 6.07) is -0.260. The van der Waals surface area contributed by atoms with Crippen molar-refractivity contribution in [1.82, 2.24) is 10.2 Å². The van der Waals surface area contributed by atoms with E-state index in [1.165, 1.54) is 0 Å².